The van der Waals surface area contributed by atoms with E-state index in [4.69, 9.17) is 10.2 Å². The zero-order valence-corrected chi connectivity index (χ0v) is 17.7. The number of rotatable bonds is 0. The lowest BCUT2D eigenvalue weighted by Crippen LogP contribution is -1.56. The summed E-state index contributed by atoms with van der Waals surface area (Å²) in [4.78, 5) is 0. The van der Waals surface area contributed by atoms with E-state index in [0.29, 0.717) is 11.5 Å². The Labute approximate surface area is 152 Å². The number of benzene rings is 2. The molecule has 0 fully saturated rings. The molecule has 2 rings (SSSR count). The summed E-state index contributed by atoms with van der Waals surface area (Å²) in [6.07, 6.45) is 0. The van der Waals surface area contributed by atoms with E-state index in [1.54, 1.807) is 48.5 Å². The average molecular weight is 339 g/mol. The third kappa shape index (κ3) is 36.9. The van der Waals surface area contributed by atoms with Gasteiger partial charge in [-0.15, -0.1) is 0 Å². The van der Waals surface area contributed by atoms with Crippen molar-refractivity contribution in [1.82, 2.24) is 0 Å². The second-order valence-electron chi connectivity index (χ2n) is 2.67. The molecule has 0 bridgehead atoms. The van der Waals surface area contributed by atoms with Crippen molar-refractivity contribution in [2.24, 2.45) is 0 Å². The van der Waals surface area contributed by atoms with Crippen LogP contribution in [0.3, 0.4) is 0 Å². The van der Waals surface area contributed by atoms with E-state index in [1.807, 2.05) is 81.4 Å². The van der Waals surface area contributed by atoms with Crippen LogP contribution in [0, 0.1) is 0 Å². The van der Waals surface area contributed by atoms with Crippen LogP contribution in [0.5, 0.6) is 11.5 Å². The molecule has 0 aliphatic heterocycles. The summed E-state index contributed by atoms with van der Waals surface area (Å²) in [6.45, 7) is 20.0. The topological polar surface area (TPSA) is 40.5 Å². The molecule has 0 radical (unpaired) electrons. The Morgan fingerprint density at radius 2 is 0.542 bits per heavy atom. The van der Waals surface area contributed by atoms with Gasteiger partial charge in [-0.1, -0.05) is 106 Å². The highest BCUT2D eigenvalue weighted by molar-refractivity contribution is 5.19. The zero-order chi connectivity index (χ0) is 20.2. The minimum atomic E-state index is 0.322. The van der Waals surface area contributed by atoms with E-state index in [-0.39, 0.29) is 0 Å². The first-order valence-corrected chi connectivity index (χ1v) is 9.27. The van der Waals surface area contributed by atoms with Gasteiger partial charge in [0.05, 0.1) is 0 Å². The minimum absolute atomic E-state index is 0.322. The molecule has 0 aliphatic rings. The molecule has 0 aliphatic carbocycles. The van der Waals surface area contributed by atoms with E-state index < -0.39 is 0 Å². The molecule has 2 N–H and O–H groups in total. The first-order chi connectivity index (χ1) is 11.8. The molecule has 2 aromatic carbocycles. The normalized spacial score (nSPS) is 6.25. The summed E-state index contributed by atoms with van der Waals surface area (Å²) < 4.78 is 0. The lowest BCUT2D eigenvalue weighted by Gasteiger charge is -1.82. The Kier molecular flexibility index (Phi) is 60.0. The fraction of sp³-hybridized carbons (Fsp3) is 0.455. The van der Waals surface area contributed by atoms with Crippen molar-refractivity contribution in [3.05, 3.63) is 60.7 Å². The van der Waals surface area contributed by atoms with E-state index in [0.717, 1.165) is 0 Å². The molecule has 0 unspecified atom stereocenters. The van der Waals surface area contributed by atoms with Crippen LogP contribution in [0.2, 0.25) is 0 Å². The van der Waals surface area contributed by atoms with Crippen LogP contribution in [-0.2, 0) is 0 Å². The van der Waals surface area contributed by atoms with Gasteiger partial charge in [-0.25, -0.2) is 0 Å². The first-order valence-electron chi connectivity index (χ1n) is 9.27. The summed E-state index contributed by atoms with van der Waals surface area (Å²) in [5.74, 6) is 0.644. The second-order valence-corrected chi connectivity index (χ2v) is 2.67. The van der Waals surface area contributed by atoms with Gasteiger partial charge in [0.25, 0.3) is 0 Å². The van der Waals surface area contributed by atoms with E-state index in [2.05, 4.69) is 0 Å². The van der Waals surface area contributed by atoms with Gasteiger partial charge in [0, 0.05) is 0 Å². The Balaban J connectivity index is -0.0000000666. The highest BCUT2D eigenvalue weighted by Crippen LogP contribution is 2.03. The fourth-order valence-electron chi connectivity index (χ4n) is 0.856. The maximum Gasteiger partial charge on any atom is 0.115 e. The molecule has 2 heteroatoms. The molecule has 0 aromatic heterocycles. The summed E-state index contributed by atoms with van der Waals surface area (Å²) in [6, 6.07) is 17.4. The zero-order valence-electron chi connectivity index (χ0n) is 17.7. The molecular formula is C22H42O2. The molecule has 2 aromatic rings. The molecule has 0 spiro atoms. The Bertz CT molecular complexity index is 307. The van der Waals surface area contributed by atoms with Crippen molar-refractivity contribution < 1.29 is 10.2 Å². The van der Waals surface area contributed by atoms with Gasteiger partial charge in [0.2, 0.25) is 0 Å². The Hall–Kier alpha value is -1.96. The van der Waals surface area contributed by atoms with Crippen LogP contribution in [0.25, 0.3) is 0 Å². The SMILES string of the molecule is CC.CC.CC.CC.CC.Oc1ccccc1.Oc1ccccc1. The van der Waals surface area contributed by atoms with Crippen LogP contribution in [0.4, 0.5) is 0 Å². The average Bonchev–Trinajstić information content (AvgIpc) is 2.71. The fourth-order valence-corrected chi connectivity index (χ4v) is 0.856. The smallest absolute Gasteiger partial charge is 0.115 e. The van der Waals surface area contributed by atoms with Crippen LogP contribution in [-0.4, -0.2) is 10.2 Å². The third-order valence-electron chi connectivity index (χ3n) is 1.51. The molecular weight excluding hydrogens is 296 g/mol. The Morgan fingerprint density at radius 1 is 0.375 bits per heavy atom. The van der Waals surface area contributed by atoms with Gasteiger partial charge in [-0.3, -0.25) is 0 Å². The maximum atomic E-state index is 8.63. The third-order valence-corrected chi connectivity index (χ3v) is 1.51. The van der Waals surface area contributed by atoms with Crippen LogP contribution >= 0.6 is 0 Å². The quantitative estimate of drug-likeness (QED) is 0.512. The predicted octanol–water partition coefficient (Wildman–Crippen LogP) is 7.92. The minimum Gasteiger partial charge on any atom is -0.508 e. The molecule has 0 saturated heterocycles. The first kappa shape index (κ1) is 33.6. The number of hydrogen-bond donors (Lipinski definition) is 2. The van der Waals surface area contributed by atoms with Crippen molar-refractivity contribution in [3.8, 4) is 11.5 Å². The second kappa shape index (κ2) is 42.9. The summed E-state index contributed by atoms with van der Waals surface area (Å²) in [5, 5.41) is 17.3. The monoisotopic (exact) mass is 338 g/mol. The van der Waals surface area contributed by atoms with E-state index in [9.17, 15) is 0 Å². The van der Waals surface area contributed by atoms with Crippen molar-refractivity contribution in [3.63, 3.8) is 0 Å². The standard InChI is InChI=1S/2C6H6O.5C2H6/c2*7-6-4-2-1-3-5-6;5*1-2/h2*1-5,7H;5*1-2H3. The largest absolute Gasteiger partial charge is 0.508 e. The number of phenolic OH excluding ortho intramolecular Hbond substituents is 2. The predicted molar refractivity (Wildman–Crippen MR) is 113 cm³/mol. The number of phenols is 2. The van der Waals surface area contributed by atoms with Crippen LogP contribution < -0.4 is 0 Å². The molecule has 0 amide bonds. The Morgan fingerprint density at radius 3 is 0.625 bits per heavy atom. The van der Waals surface area contributed by atoms with Crippen molar-refractivity contribution in [2.45, 2.75) is 69.2 Å². The van der Waals surface area contributed by atoms with Crippen LogP contribution in [0.1, 0.15) is 69.2 Å². The van der Waals surface area contributed by atoms with Gasteiger partial charge in [0.15, 0.2) is 0 Å². The van der Waals surface area contributed by atoms with Gasteiger partial charge >= 0.3 is 0 Å². The number of aromatic hydroxyl groups is 2. The molecule has 24 heavy (non-hydrogen) atoms. The number of hydrogen-bond acceptors (Lipinski definition) is 2. The van der Waals surface area contributed by atoms with Gasteiger partial charge in [0.1, 0.15) is 11.5 Å². The van der Waals surface area contributed by atoms with E-state index in [1.165, 1.54) is 0 Å². The highest BCUT2D eigenvalue weighted by atomic mass is 16.3. The van der Waals surface area contributed by atoms with Crippen molar-refractivity contribution in [1.29, 1.82) is 0 Å². The van der Waals surface area contributed by atoms with E-state index >= 15 is 0 Å². The molecule has 142 valence electrons. The lowest BCUT2D eigenvalue weighted by molar-refractivity contribution is 0.475. The van der Waals surface area contributed by atoms with Crippen molar-refractivity contribution in [2.75, 3.05) is 0 Å². The summed E-state index contributed by atoms with van der Waals surface area (Å²) in [7, 11) is 0. The summed E-state index contributed by atoms with van der Waals surface area (Å²) in [5.41, 5.74) is 0. The van der Waals surface area contributed by atoms with Gasteiger partial charge in [-0.2, -0.15) is 0 Å². The maximum absolute atomic E-state index is 8.63. The van der Waals surface area contributed by atoms with Crippen LogP contribution in [0.15, 0.2) is 60.7 Å². The summed E-state index contributed by atoms with van der Waals surface area (Å²) >= 11 is 0. The molecule has 0 heterocycles. The highest BCUT2D eigenvalue weighted by Gasteiger charge is 1.75. The molecule has 0 saturated carbocycles. The number of para-hydroxylation sites is 2. The molecule has 2 nitrogen and oxygen atoms in total. The van der Waals surface area contributed by atoms with Gasteiger partial charge in [-0.05, 0) is 24.3 Å². The van der Waals surface area contributed by atoms with Crippen molar-refractivity contribution >= 4 is 0 Å². The molecule has 0 atom stereocenters. The van der Waals surface area contributed by atoms with Gasteiger partial charge < -0.3 is 10.2 Å². The lowest BCUT2D eigenvalue weighted by atomic mass is 10.3.